The standard InChI is InChI=1S/C14H22N8O.HI/c1-9-7-11(21(4)20-9)22-6-5-15-13(22)16-8-10-17-12(19-18-10)14(2,3)23;/h7,23H,5-6,8H2,1-4H3,(H,15,16)(H,17,18,19);1H. The Kier molecular flexibility index (Phi) is 5.48. The van der Waals surface area contributed by atoms with Gasteiger partial charge in [0.25, 0.3) is 0 Å². The Morgan fingerprint density at radius 3 is 2.75 bits per heavy atom. The molecular weight excluding hydrogens is 423 g/mol. The number of nitrogens with zero attached hydrogens (tertiary/aromatic N) is 6. The molecule has 132 valence electrons. The maximum Gasteiger partial charge on any atom is 0.200 e. The van der Waals surface area contributed by atoms with Crippen LogP contribution in [0, 0.1) is 6.92 Å². The fraction of sp³-hybridized carbons (Fsp3) is 0.571. The summed E-state index contributed by atoms with van der Waals surface area (Å²) in [5, 5.41) is 24.4. The van der Waals surface area contributed by atoms with Crippen molar-refractivity contribution in [2.75, 3.05) is 18.0 Å². The summed E-state index contributed by atoms with van der Waals surface area (Å²) in [5.74, 6) is 2.81. The van der Waals surface area contributed by atoms with Gasteiger partial charge in [-0.1, -0.05) is 0 Å². The van der Waals surface area contributed by atoms with Crippen LogP contribution in [0.25, 0.3) is 0 Å². The number of aromatic nitrogens is 5. The smallest absolute Gasteiger partial charge is 0.200 e. The van der Waals surface area contributed by atoms with Gasteiger partial charge in [0, 0.05) is 19.7 Å². The van der Waals surface area contributed by atoms with Gasteiger partial charge < -0.3 is 10.4 Å². The molecule has 0 radical (unpaired) electrons. The maximum atomic E-state index is 9.90. The van der Waals surface area contributed by atoms with E-state index in [0.29, 0.717) is 18.2 Å². The third-order valence-corrected chi connectivity index (χ3v) is 3.59. The van der Waals surface area contributed by atoms with Crippen LogP contribution in [0.15, 0.2) is 11.1 Å². The van der Waals surface area contributed by atoms with Gasteiger partial charge >= 0.3 is 0 Å². The number of halogens is 1. The van der Waals surface area contributed by atoms with Crippen molar-refractivity contribution in [1.29, 1.82) is 0 Å². The molecule has 0 spiro atoms. The largest absolute Gasteiger partial charge is 0.382 e. The number of aliphatic hydroxyl groups is 1. The summed E-state index contributed by atoms with van der Waals surface area (Å²) in [5.41, 5.74) is -0.0865. The zero-order valence-electron chi connectivity index (χ0n) is 14.2. The summed E-state index contributed by atoms with van der Waals surface area (Å²) in [4.78, 5) is 10.9. The topological polar surface area (TPSA) is 107 Å². The molecule has 2 aromatic heterocycles. The fourth-order valence-corrected chi connectivity index (χ4v) is 2.48. The lowest BCUT2D eigenvalue weighted by Gasteiger charge is -2.20. The first-order valence-electron chi connectivity index (χ1n) is 7.55. The van der Waals surface area contributed by atoms with Gasteiger partial charge in [-0.25, -0.2) is 4.98 Å². The number of aryl methyl sites for hydroxylation is 2. The highest BCUT2D eigenvalue weighted by Gasteiger charge is 2.24. The number of anilines is 1. The van der Waals surface area contributed by atoms with Crippen molar-refractivity contribution in [2.45, 2.75) is 32.9 Å². The molecule has 0 saturated heterocycles. The number of aromatic amines is 1. The van der Waals surface area contributed by atoms with E-state index in [-0.39, 0.29) is 24.0 Å². The van der Waals surface area contributed by atoms with Gasteiger partial charge in [-0.2, -0.15) is 10.2 Å². The van der Waals surface area contributed by atoms with Crippen molar-refractivity contribution >= 4 is 35.8 Å². The van der Waals surface area contributed by atoms with Gasteiger partial charge in [0.05, 0.1) is 18.8 Å². The summed E-state index contributed by atoms with van der Waals surface area (Å²) < 4.78 is 1.85. The summed E-state index contributed by atoms with van der Waals surface area (Å²) in [6.07, 6.45) is 0. The zero-order valence-corrected chi connectivity index (χ0v) is 16.6. The van der Waals surface area contributed by atoms with Crippen LogP contribution in [0.3, 0.4) is 0 Å². The monoisotopic (exact) mass is 446 g/mol. The van der Waals surface area contributed by atoms with Gasteiger partial charge in [-0.15, -0.1) is 24.0 Å². The number of hydrogen-bond donors (Lipinski definition) is 3. The second kappa shape index (κ2) is 7.05. The van der Waals surface area contributed by atoms with Gasteiger partial charge in [0.15, 0.2) is 11.8 Å². The van der Waals surface area contributed by atoms with Crippen LogP contribution >= 0.6 is 24.0 Å². The van der Waals surface area contributed by atoms with E-state index in [0.717, 1.165) is 30.6 Å². The summed E-state index contributed by atoms with van der Waals surface area (Å²) in [7, 11) is 1.92. The van der Waals surface area contributed by atoms with Gasteiger partial charge in [0.2, 0.25) is 0 Å². The van der Waals surface area contributed by atoms with E-state index in [2.05, 4.69) is 35.5 Å². The van der Waals surface area contributed by atoms with Crippen LogP contribution < -0.4 is 10.2 Å². The number of H-pyrrole nitrogens is 1. The van der Waals surface area contributed by atoms with E-state index in [1.807, 2.05) is 24.7 Å². The number of rotatable bonds is 4. The fourth-order valence-electron chi connectivity index (χ4n) is 2.48. The minimum atomic E-state index is -1.06. The maximum absolute atomic E-state index is 9.90. The lowest BCUT2D eigenvalue weighted by molar-refractivity contribution is 0.0690. The number of nitrogens with one attached hydrogen (secondary N) is 2. The molecule has 0 saturated carbocycles. The molecule has 2 aromatic rings. The number of guanidine groups is 1. The Hall–Kier alpha value is -1.69. The quantitative estimate of drug-likeness (QED) is 0.596. The summed E-state index contributed by atoms with van der Waals surface area (Å²) in [6.45, 7) is 7.28. The average Bonchev–Trinajstić information content (AvgIpc) is 3.15. The zero-order chi connectivity index (χ0) is 16.6. The van der Waals surface area contributed by atoms with Crippen molar-refractivity contribution in [2.24, 2.45) is 12.0 Å². The molecule has 0 aliphatic carbocycles. The minimum Gasteiger partial charge on any atom is -0.382 e. The molecule has 0 atom stereocenters. The molecule has 0 fully saturated rings. The van der Waals surface area contributed by atoms with Gasteiger partial charge in [-0.3, -0.25) is 19.7 Å². The molecule has 3 heterocycles. The van der Waals surface area contributed by atoms with Crippen molar-refractivity contribution in [3.63, 3.8) is 0 Å². The molecule has 1 aliphatic heterocycles. The summed E-state index contributed by atoms with van der Waals surface area (Å²) >= 11 is 0. The highest BCUT2D eigenvalue weighted by molar-refractivity contribution is 14.0. The SMILES string of the molecule is Cc1cc(N2CCN=C2NCc2nc(C(C)(C)O)n[nH]2)n(C)n1.I. The first-order chi connectivity index (χ1) is 10.8. The predicted molar refractivity (Wildman–Crippen MR) is 101 cm³/mol. The normalized spacial score (nSPS) is 14.5. The highest BCUT2D eigenvalue weighted by Crippen LogP contribution is 2.18. The third-order valence-electron chi connectivity index (χ3n) is 3.59. The Bertz CT molecular complexity index is 729. The van der Waals surface area contributed by atoms with E-state index in [4.69, 9.17) is 0 Å². The van der Waals surface area contributed by atoms with Crippen LogP contribution in [-0.4, -0.2) is 49.1 Å². The highest BCUT2D eigenvalue weighted by atomic mass is 127. The molecule has 24 heavy (non-hydrogen) atoms. The van der Waals surface area contributed by atoms with Crippen LogP contribution in [0.2, 0.25) is 0 Å². The third kappa shape index (κ3) is 3.86. The Labute approximate surface area is 157 Å². The van der Waals surface area contributed by atoms with Crippen LogP contribution in [0.1, 0.15) is 31.2 Å². The van der Waals surface area contributed by atoms with Crippen LogP contribution in [0.4, 0.5) is 5.82 Å². The molecule has 0 unspecified atom stereocenters. The van der Waals surface area contributed by atoms with Crippen molar-refractivity contribution in [1.82, 2.24) is 30.3 Å². The summed E-state index contributed by atoms with van der Waals surface area (Å²) in [6, 6.07) is 2.03. The van der Waals surface area contributed by atoms with Crippen molar-refractivity contribution in [3.05, 3.63) is 23.4 Å². The van der Waals surface area contributed by atoms with E-state index < -0.39 is 5.60 Å². The van der Waals surface area contributed by atoms with Gasteiger partial charge in [0.1, 0.15) is 17.2 Å². The number of hydrogen-bond acceptors (Lipinski definition) is 7. The van der Waals surface area contributed by atoms with Crippen LogP contribution in [0.5, 0.6) is 0 Å². The molecule has 1 aliphatic rings. The second-order valence-corrected chi connectivity index (χ2v) is 6.14. The molecule has 9 nitrogen and oxygen atoms in total. The lowest BCUT2D eigenvalue weighted by Crippen LogP contribution is -2.39. The average molecular weight is 446 g/mol. The molecule has 10 heteroatoms. The van der Waals surface area contributed by atoms with E-state index in [9.17, 15) is 5.11 Å². The minimum absolute atomic E-state index is 0. The first kappa shape index (κ1) is 18.6. The van der Waals surface area contributed by atoms with E-state index in [1.165, 1.54) is 0 Å². The molecular formula is C14H23IN8O. The Morgan fingerprint density at radius 1 is 1.42 bits per heavy atom. The molecule has 3 N–H and O–H groups in total. The number of aliphatic imine (C=N–C) groups is 1. The lowest BCUT2D eigenvalue weighted by atomic mass is 10.1. The molecule has 0 bridgehead atoms. The predicted octanol–water partition coefficient (Wildman–Crippen LogP) is 0.658. The van der Waals surface area contributed by atoms with E-state index in [1.54, 1.807) is 13.8 Å². The van der Waals surface area contributed by atoms with Gasteiger partial charge in [-0.05, 0) is 20.8 Å². The Balaban J connectivity index is 0.00000208. The van der Waals surface area contributed by atoms with Crippen molar-refractivity contribution in [3.8, 4) is 0 Å². The molecule has 0 aromatic carbocycles. The second-order valence-electron chi connectivity index (χ2n) is 6.14. The van der Waals surface area contributed by atoms with E-state index >= 15 is 0 Å². The molecule has 3 rings (SSSR count). The first-order valence-corrected chi connectivity index (χ1v) is 7.55. The molecule has 0 amide bonds. The van der Waals surface area contributed by atoms with Crippen LogP contribution in [-0.2, 0) is 19.2 Å². The Morgan fingerprint density at radius 2 is 2.17 bits per heavy atom. The van der Waals surface area contributed by atoms with Crippen molar-refractivity contribution < 1.29 is 5.11 Å².